The van der Waals surface area contributed by atoms with E-state index in [1.54, 1.807) is 17.0 Å². The average Bonchev–Trinajstić information content (AvgIpc) is 3.26. The summed E-state index contributed by atoms with van der Waals surface area (Å²) in [5.74, 6) is -0.165. The fourth-order valence-electron chi connectivity index (χ4n) is 4.82. The molecule has 216 valence electrons. The van der Waals surface area contributed by atoms with Crippen LogP contribution >= 0.6 is 0 Å². The minimum Gasteiger partial charge on any atom is -0.330 e. The van der Waals surface area contributed by atoms with Gasteiger partial charge in [-0.1, -0.05) is 67.9 Å². The van der Waals surface area contributed by atoms with Crippen LogP contribution < -0.4 is 11.4 Å². The number of hydrogen-bond acceptors (Lipinski definition) is 4. The zero-order valence-corrected chi connectivity index (χ0v) is 23.3. The van der Waals surface area contributed by atoms with Crippen LogP contribution in [-0.2, 0) is 12.7 Å². The molecule has 0 aliphatic rings. The first-order chi connectivity index (χ1) is 19.5. The molecular formula is C31H34F3N5O2. The highest BCUT2D eigenvalue weighted by Crippen LogP contribution is 2.32. The summed E-state index contributed by atoms with van der Waals surface area (Å²) in [7, 11) is 0. The van der Waals surface area contributed by atoms with Crippen LogP contribution in [0, 0.1) is 12.8 Å². The Morgan fingerprint density at radius 3 is 2.29 bits per heavy atom. The molecule has 3 aromatic carbocycles. The molecule has 0 saturated carbocycles. The summed E-state index contributed by atoms with van der Waals surface area (Å²) in [6.07, 6.45) is -4.08. The number of carbonyl (C=O) groups excluding carboxylic acids is 1. The van der Waals surface area contributed by atoms with Crippen molar-refractivity contribution in [2.45, 2.75) is 46.0 Å². The molecule has 41 heavy (non-hydrogen) atoms. The average molecular weight is 566 g/mol. The van der Waals surface area contributed by atoms with Gasteiger partial charge >= 0.3 is 11.9 Å². The summed E-state index contributed by atoms with van der Waals surface area (Å²) in [5.41, 5.74) is 6.62. The fraction of sp³-hybridized carbons (Fsp3) is 0.323. The monoisotopic (exact) mass is 565 g/mol. The van der Waals surface area contributed by atoms with Gasteiger partial charge in [0.25, 0.3) is 5.91 Å². The van der Waals surface area contributed by atoms with E-state index in [4.69, 9.17) is 5.73 Å². The highest BCUT2D eigenvalue weighted by molar-refractivity contribution is 5.94. The first kappa shape index (κ1) is 29.8. The van der Waals surface area contributed by atoms with Gasteiger partial charge in [0.15, 0.2) is 5.82 Å². The number of nitrogens with two attached hydrogens (primary N) is 1. The number of amides is 1. The minimum atomic E-state index is -4.59. The van der Waals surface area contributed by atoms with Gasteiger partial charge in [-0.15, -0.1) is 5.10 Å². The van der Waals surface area contributed by atoms with Crippen molar-refractivity contribution in [3.05, 3.63) is 117 Å². The quantitative estimate of drug-likeness (QED) is 0.271. The number of aryl methyl sites for hydroxylation is 1. The zero-order valence-electron chi connectivity index (χ0n) is 23.3. The molecule has 0 aliphatic carbocycles. The van der Waals surface area contributed by atoms with Gasteiger partial charge in [-0.25, -0.2) is 4.79 Å². The summed E-state index contributed by atoms with van der Waals surface area (Å²) in [5, 5.41) is 4.61. The summed E-state index contributed by atoms with van der Waals surface area (Å²) in [4.78, 5) is 29.4. The van der Waals surface area contributed by atoms with Gasteiger partial charge in [-0.2, -0.15) is 17.9 Å². The number of benzene rings is 3. The Balaban J connectivity index is 1.91. The lowest BCUT2D eigenvalue weighted by molar-refractivity contribution is -0.137. The van der Waals surface area contributed by atoms with E-state index in [0.717, 1.165) is 27.9 Å². The van der Waals surface area contributed by atoms with Crippen molar-refractivity contribution in [1.29, 1.82) is 0 Å². The maximum Gasteiger partial charge on any atom is 0.416 e. The first-order valence-corrected chi connectivity index (χ1v) is 13.5. The molecule has 1 atom stereocenters. The molecule has 0 radical (unpaired) electrons. The van der Waals surface area contributed by atoms with Crippen LogP contribution in [0.5, 0.6) is 0 Å². The lowest BCUT2D eigenvalue weighted by atomic mass is 9.99. The van der Waals surface area contributed by atoms with E-state index in [1.807, 2.05) is 63.2 Å². The number of carbonyl (C=O) groups is 1. The topological polar surface area (TPSA) is 86.2 Å². The van der Waals surface area contributed by atoms with Crippen LogP contribution in [0.15, 0.2) is 83.7 Å². The van der Waals surface area contributed by atoms with Gasteiger partial charge in [0, 0.05) is 12.1 Å². The van der Waals surface area contributed by atoms with Crippen molar-refractivity contribution >= 4 is 5.91 Å². The normalized spacial score (nSPS) is 12.5. The number of nitrogens with zero attached hydrogens (tertiary/aromatic N) is 4. The molecule has 4 rings (SSSR count). The molecule has 0 bridgehead atoms. The second kappa shape index (κ2) is 12.6. The van der Waals surface area contributed by atoms with Crippen LogP contribution in [0.4, 0.5) is 13.2 Å². The molecule has 10 heteroatoms. The Kier molecular flexibility index (Phi) is 9.12. The molecule has 1 unspecified atom stereocenters. The van der Waals surface area contributed by atoms with Gasteiger partial charge < -0.3 is 10.6 Å². The Morgan fingerprint density at radius 2 is 1.68 bits per heavy atom. The lowest BCUT2D eigenvalue weighted by Gasteiger charge is -2.34. The van der Waals surface area contributed by atoms with E-state index in [9.17, 15) is 22.8 Å². The number of hydrogen-bond donors (Lipinski definition) is 1. The third kappa shape index (κ3) is 6.77. The van der Waals surface area contributed by atoms with E-state index in [1.165, 1.54) is 16.7 Å². The standard InChI is InChI=1S/C31H34F3N5O2/c1-21(2)27(37(18-8-17-35)29(40)24-15-13-22(3)14-16-24)28-36-39(26-12-7-11-25(19-26)31(32,33)34)30(41)38(28)20-23-9-5-4-6-10-23/h4-7,9-16,19,21,27H,8,17-18,20,35H2,1-3H3. The highest BCUT2D eigenvalue weighted by Gasteiger charge is 2.35. The second-order valence-electron chi connectivity index (χ2n) is 10.4. The largest absolute Gasteiger partial charge is 0.416 e. The molecule has 0 saturated heterocycles. The van der Waals surface area contributed by atoms with Gasteiger partial charge in [-0.3, -0.25) is 9.36 Å². The van der Waals surface area contributed by atoms with Crippen LogP contribution in [0.3, 0.4) is 0 Å². The molecule has 0 aliphatic heterocycles. The zero-order chi connectivity index (χ0) is 29.7. The van der Waals surface area contributed by atoms with Gasteiger partial charge in [0.2, 0.25) is 0 Å². The smallest absolute Gasteiger partial charge is 0.330 e. The Morgan fingerprint density at radius 1 is 1.00 bits per heavy atom. The van der Waals surface area contributed by atoms with Crippen molar-refractivity contribution in [3.63, 3.8) is 0 Å². The maximum absolute atomic E-state index is 13.9. The van der Waals surface area contributed by atoms with Crippen molar-refractivity contribution in [1.82, 2.24) is 19.2 Å². The van der Waals surface area contributed by atoms with E-state index in [0.29, 0.717) is 25.1 Å². The third-order valence-corrected chi connectivity index (χ3v) is 6.89. The number of rotatable bonds is 10. The Labute approximate surface area is 237 Å². The summed E-state index contributed by atoms with van der Waals surface area (Å²) in [6, 6.07) is 20.3. The number of alkyl halides is 3. The van der Waals surface area contributed by atoms with Crippen LogP contribution in [0.2, 0.25) is 0 Å². The molecule has 0 spiro atoms. The van der Waals surface area contributed by atoms with Crippen molar-refractivity contribution in [2.75, 3.05) is 13.1 Å². The van der Waals surface area contributed by atoms with Gasteiger partial charge in [0.1, 0.15) is 0 Å². The van der Waals surface area contributed by atoms with Crippen LogP contribution in [-0.4, -0.2) is 38.2 Å². The van der Waals surface area contributed by atoms with E-state index >= 15 is 0 Å². The molecule has 7 nitrogen and oxygen atoms in total. The minimum absolute atomic E-state index is 0.0150. The van der Waals surface area contributed by atoms with E-state index in [-0.39, 0.29) is 29.9 Å². The summed E-state index contributed by atoms with van der Waals surface area (Å²) < 4.78 is 43.0. The summed E-state index contributed by atoms with van der Waals surface area (Å²) in [6.45, 7) is 6.55. The molecular weight excluding hydrogens is 531 g/mol. The highest BCUT2D eigenvalue weighted by atomic mass is 19.4. The molecule has 0 fully saturated rings. The fourth-order valence-corrected chi connectivity index (χ4v) is 4.82. The third-order valence-electron chi connectivity index (χ3n) is 6.89. The van der Waals surface area contributed by atoms with Gasteiger partial charge in [0.05, 0.1) is 23.8 Å². The van der Waals surface area contributed by atoms with Crippen molar-refractivity contribution in [3.8, 4) is 5.69 Å². The van der Waals surface area contributed by atoms with Gasteiger partial charge in [-0.05, 0) is 61.7 Å². The first-order valence-electron chi connectivity index (χ1n) is 13.5. The van der Waals surface area contributed by atoms with Crippen molar-refractivity contribution < 1.29 is 18.0 Å². The predicted octanol–water partition coefficient (Wildman–Crippen LogP) is 5.60. The Hall–Kier alpha value is -4.18. The molecule has 2 N–H and O–H groups in total. The summed E-state index contributed by atoms with van der Waals surface area (Å²) >= 11 is 0. The predicted molar refractivity (Wildman–Crippen MR) is 152 cm³/mol. The SMILES string of the molecule is Cc1ccc(C(=O)N(CCCN)C(c2nn(-c3cccc(C(F)(F)F)c3)c(=O)n2Cc2ccccc2)C(C)C)cc1. The molecule has 1 aromatic heterocycles. The number of halogens is 3. The Bertz CT molecular complexity index is 1530. The molecule has 4 aromatic rings. The lowest BCUT2D eigenvalue weighted by Crippen LogP contribution is -2.40. The second-order valence-corrected chi connectivity index (χ2v) is 10.4. The van der Waals surface area contributed by atoms with Crippen LogP contribution in [0.25, 0.3) is 5.69 Å². The number of aromatic nitrogens is 3. The maximum atomic E-state index is 13.9. The van der Waals surface area contributed by atoms with E-state index < -0.39 is 23.5 Å². The molecule has 1 amide bonds. The van der Waals surface area contributed by atoms with Crippen LogP contribution in [0.1, 0.15) is 59.2 Å². The van der Waals surface area contributed by atoms with Crippen molar-refractivity contribution in [2.24, 2.45) is 11.7 Å². The molecule has 1 heterocycles. The van der Waals surface area contributed by atoms with E-state index in [2.05, 4.69) is 5.10 Å².